The van der Waals surface area contributed by atoms with Crippen molar-refractivity contribution in [3.63, 3.8) is 0 Å². The van der Waals surface area contributed by atoms with Crippen LogP contribution < -0.4 is 11.1 Å². The van der Waals surface area contributed by atoms with Crippen LogP contribution >= 0.6 is 0 Å². The van der Waals surface area contributed by atoms with Crippen LogP contribution in [-0.2, 0) is 11.3 Å². The van der Waals surface area contributed by atoms with Crippen LogP contribution in [0.2, 0.25) is 0 Å². The third kappa shape index (κ3) is 3.09. The molecule has 1 aliphatic heterocycles. The summed E-state index contributed by atoms with van der Waals surface area (Å²) in [7, 11) is 0. The number of anilines is 3. The molecule has 3 N–H and O–H groups in total. The largest absolute Gasteiger partial charge is 0.383 e. The summed E-state index contributed by atoms with van der Waals surface area (Å²) in [6, 6.07) is 9.45. The molecule has 0 fully saturated rings. The molecular weight excluding hydrogens is 380 g/mol. The Bertz CT molecular complexity index is 1310. The lowest BCUT2D eigenvalue weighted by Crippen LogP contribution is -2.23. The van der Waals surface area contributed by atoms with Crippen LogP contribution in [0.5, 0.6) is 0 Å². The highest BCUT2D eigenvalue weighted by Crippen LogP contribution is 2.29. The van der Waals surface area contributed by atoms with Gasteiger partial charge in [-0.3, -0.25) is 4.98 Å². The zero-order chi connectivity index (χ0) is 20.7. The van der Waals surface area contributed by atoms with Crippen molar-refractivity contribution in [2.45, 2.75) is 19.6 Å². The van der Waals surface area contributed by atoms with Crippen molar-refractivity contribution in [3.05, 3.63) is 54.1 Å². The van der Waals surface area contributed by atoms with Gasteiger partial charge in [0.25, 0.3) is 0 Å². The van der Waals surface area contributed by atoms with E-state index >= 15 is 0 Å². The second kappa shape index (κ2) is 7.09. The highest BCUT2D eigenvalue weighted by Gasteiger charge is 2.22. The number of nitrogens with one attached hydrogen (secondary N) is 1. The van der Waals surface area contributed by atoms with Crippen LogP contribution in [0.25, 0.3) is 22.0 Å². The smallest absolute Gasteiger partial charge is 0.162 e. The Balaban J connectivity index is 1.51. The zero-order valence-electron chi connectivity index (χ0n) is 16.2. The lowest BCUT2D eigenvalue weighted by molar-refractivity contribution is 0.0681. The Kier molecular flexibility index (Phi) is 4.26. The number of aryl methyl sites for hydroxylation is 1. The number of hydrogen-bond acceptors (Lipinski definition) is 8. The van der Waals surface area contributed by atoms with E-state index in [0.29, 0.717) is 30.7 Å². The summed E-state index contributed by atoms with van der Waals surface area (Å²) in [5.41, 5.74) is 9.80. The Labute approximate surface area is 172 Å². The minimum Gasteiger partial charge on any atom is -0.383 e. The van der Waals surface area contributed by atoms with Crippen molar-refractivity contribution < 1.29 is 4.74 Å². The predicted molar refractivity (Wildman–Crippen MR) is 112 cm³/mol. The van der Waals surface area contributed by atoms with Gasteiger partial charge in [-0.05, 0) is 36.1 Å². The highest BCUT2D eigenvalue weighted by atomic mass is 16.5. The first-order valence-corrected chi connectivity index (χ1v) is 9.42. The summed E-state index contributed by atoms with van der Waals surface area (Å²) in [5, 5.41) is 18.6. The summed E-state index contributed by atoms with van der Waals surface area (Å²) in [4.78, 5) is 13.2. The van der Waals surface area contributed by atoms with Gasteiger partial charge in [-0.15, -0.1) is 0 Å². The third-order valence-corrected chi connectivity index (χ3v) is 5.10. The molecule has 4 aromatic heterocycles. The molecular formula is C21H18N8O. The minimum absolute atomic E-state index is 0.335. The number of nitriles is 1. The van der Waals surface area contributed by atoms with E-state index in [9.17, 15) is 5.26 Å². The third-order valence-electron chi connectivity index (χ3n) is 5.10. The standard InChI is InChI=1S/C21H18N8O/c1-12-2-3-24-8-16(12)18-4-13-5-19(25-9-17(13)21(23)26-18)27-20-6-14-10-30-11-15(7-22)29(14)28-20/h2-6,8-9,15H,10-11H2,1H3,(H2,23,26)(H,25,27,28). The first-order chi connectivity index (χ1) is 14.6. The monoisotopic (exact) mass is 398 g/mol. The number of nitrogen functional groups attached to an aromatic ring is 1. The first-order valence-electron chi connectivity index (χ1n) is 9.42. The van der Waals surface area contributed by atoms with Crippen LogP contribution in [0.15, 0.2) is 42.9 Å². The SMILES string of the molecule is Cc1ccncc1-c1cc2cc(Nc3cc4n(n3)C(C#N)COC4)ncc2c(N)n1. The fourth-order valence-corrected chi connectivity index (χ4v) is 3.55. The Morgan fingerprint density at radius 2 is 2.17 bits per heavy atom. The molecule has 9 nitrogen and oxygen atoms in total. The number of rotatable bonds is 3. The van der Waals surface area contributed by atoms with Gasteiger partial charge in [-0.2, -0.15) is 10.4 Å². The molecule has 0 bridgehead atoms. The van der Waals surface area contributed by atoms with E-state index in [2.05, 4.69) is 31.4 Å². The van der Waals surface area contributed by atoms with E-state index in [1.807, 2.05) is 31.2 Å². The number of nitrogens with two attached hydrogens (primary N) is 1. The number of pyridine rings is 3. The molecule has 4 aromatic rings. The van der Waals surface area contributed by atoms with Crippen molar-refractivity contribution in [2.24, 2.45) is 0 Å². The normalized spacial score (nSPS) is 15.5. The van der Waals surface area contributed by atoms with Gasteiger partial charge in [0.05, 0.1) is 30.7 Å². The molecule has 5 rings (SSSR count). The van der Waals surface area contributed by atoms with E-state index in [0.717, 1.165) is 33.3 Å². The average molecular weight is 398 g/mol. The molecule has 1 atom stereocenters. The number of hydrogen-bond donors (Lipinski definition) is 2. The summed E-state index contributed by atoms with van der Waals surface area (Å²) < 4.78 is 7.14. The summed E-state index contributed by atoms with van der Waals surface area (Å²) in [6.07, 6.45) is 5.23. The Morgan fingerprint density at radius 3 is 3.00 bits per heavy atom. The van der Waals surface area contributed by atoms with Gasteiger partial charge < -0.3 is 15.8 Å². The van der Waals surface area contributed by atoms with E-state index in [4.69, 9.17) is 10.5 Å². The number of ether oxygens (including phenoxy) is 1. The topological polar surface area (TPSA) is 128 Å². The highest BCUT2D eigenvalue weighted by molar-refractivity contribution is 5.94. The molecule has 0 aliphatic carbocycles. The fraction of sp³-hybridized carbons (Fsp3) is 0.190. The molecule has 0 amide bonds. The first kappa shape index (κ1) is 18.0. The molecule has 0 saturated carbocycles. The maximum absolute atomic E-state index is 9.27. The lowest BCUT2D eigenvalue weighted by Gasteiger charge is -2.18. The van der Waals surface area contributed by atoms with Gasteiger partial charge >= 0.3 is 0 Å². The maximum atomic E-state index is 9.27. The molecule has 0 aromatic carbocycles. The molecule has 5 heterocycles. The predicted octanol–water partition coefficient (Wildman–Crippen LogP) is 3.12. The molecule has 30 heavy (non-hydrogen) atoms. The minimum atomic E-state index is -0.426. The Hall–Kier alpha value is -4.03. The molecule has 0 spiro atoms. The second-order valence-electron chi connectivity index (χ2n) is 7.12. The number of fused-ring (bicyclic) bond motifs is 2. The quantitative estimate of drug-likeness (QED) is 0.539. The van der Waals surface area contributed by atoms with Crippen molar-refractivity contribution in [2.75, 3.05) is 17.7 Å². The molecule has 0 saturated heterocycles. The van der Waals surface area contributed by atoms with E-state index < -0.39 is 6.04 Å². The van der Waals surface area contributed by atoms with Crippen LogP contribution in [0.4, 0.5) is 17.5 Å². The molecule has 1 unspecified atom stereocenters. The van der Waals surface area contributed by atoms with Gasteiger partial charge in [0.15, 0.2) is 11.9 Å². The molecule has 148 valence electrons. The van der Waals surface area contributed by atoms with E-state index in [1.54, 1.807) is 23.3 Å². The fourth-order valence-electron chi connectivity index (χ4n) is 3.55. The van der Waals surface area contributed by atoms with Crippen molar-refractivity contribution in [1.29, 1.82) is 5.26 Å². The number of nitrogens with zero attached hydrogens (tertiary/aromatic N) is 6. The van der Waals surface area contributed by atoms with Gasteiger partial charge in [-0.1, -0.05) is 0 Å². The Morgan fingerprint density at radius 1 is 1.27 bits per heavy atom. The summed E-state index contributed by atoms with van der Waals surface area (Å²) in [6.45, 7) is 2.77. The average Bonchev–Trinajstić information content (AvgIpc) is 3.16. The summed E-state index contributed by atoms with van der Waals surface area (Å²) >= 11 is 0. The molecule has 9 heteroatoms. The van der Waals surface area contributed by atoms with Crippen molar-refractivity contribution in [3.8, 4) is 17.3 Å². The lowest BCUT2D eigenvalue weighted by atomic mass is 10.1. The molecule has 1 aliphatic rings. The van der Waals surface area contributed by atoms with Crippen LogP contribution in [0, 0.1) is 18.3 Å². The van der Waals surface area contributed by atoms with Gasteiger partial charge in [0.2, 0.25) is 0 Å². The van der Waals surface area contributed by atoms with Crippen LogP contribution in [-0.4, -0.2) is 31.3 Å². The maximum Gasteiger partial charge on any atom is 0.162 e. The van der Waals surface area contributed by atoms with E-state index in [1.165, 1.54) is 0 Å². The zero-order valence-corrected chi connectivity index (χ0v) is 16.2. The van der Waals surface area contributed by atoms with E-state index in [-0.39, 0.29) is 0 Å². The summed E-state index contributed by atoms with van der Waals surface area (Å²) in [5.74, 6) is 1.64. The van der Waals surface area contributed by atoms with Crippen molar-refractivity contribution in [1.82, 2.24) is 24.7 Å². The van der Waals surface area contributed by atoms with Crippen LogP contribution in [0.3, 0.4) is 0 Å². The second-order valence-corrected chi connectivity index (χ2v) is 7.12. The van der Waals surface area contributed by atoms with Gasteiger partial charge in [-0.25, -0.2) is 14.6 Å². The van der Waals surface area contributed by atoms with Crippen LogP contribution in [0.1, 0.15) is 17.3 Å². The number of aromatic nitrogens is 5. The van der Waals surface area contributed by atoms with Gasteiger partial charge in [0, 0.05) is 35.6 Å². The van der Waals surface area contributed by atoms with Crippen molar-refractivity contribution >= 4 is 28.2 Å². The van der Waals surface area contributed by atoms with Gasteiger partial charge in [0.1, 0.15) is 11.6 Å². The molecule has 0 radical (unpaired) electrons.